The van der Waals surface area contributed by atoms with E-state index >= 15 is 0 Å². The largest absolute Gasteiger partial charge is 0.497 e. The lowest BCUT2D eigenvalue weighted by Gasteiger charge is -2.14. The number of hydrogen-bond acceptors (Lipinski definition) is 5. The van der Waals surface area contributed by atoms with Gasteiger partial charge >= 0.3 is 0 Å². The maximum absolute atomic E-state index is 5.77. The Balaban J connectivity index is 1.54. The molecule has 1 saturated heterocycles. The molecular weight excluding hydrogens is 356 g/mol. The maximum Gasteiger partial charge on any atom is 0.219 e. The maximum atomic E-state index is 5.77. The van der Waals surface area contributed by atoms with Gasteiger partial charge < -0.3 is 24.8 Å². The number of aliphatic imine (C=N–C) groups is 1. The van der Waals surface area contributed by atoms with Crippen LogP contribution >= 0.6 is 0 Å². The van der Waals surface area contributed by atoms with E-state index in [9.17, 15) is 0 Å². The second-order valence-corrected chi connectivity index (χ2v) is 6.50. The van der Waals surface area contributed by atoms with Gasteiger partial charge in [0.25, 0.3) is 0 Å². The van der Waals surface area contributed by atoms with E-state index in [-0.39, 0.29) is 6.10 Å². The summed E-state index contributed by atoms with van der Waals surface area (Å²) in [6.07, 6.45) is 4.29. The van der Waals surface area contributed by atoms with E-state index in [0.29, 0.717) is 18.2 Å². The zero-order valence-electron chi connectivity index (χ0n) is 16.5. The third-order valence-electron chi connectivity index (χ3n) is 4.35. The van der Waals surface area contributed by atoms with Gasteiger partial charge in [0.2, 0.25) is 5.88 Å². The first-order valence-corrected chi connectivity index (χ1v) is 9.67. The average molecular weight is 384 g/mol. The normalized spacial score (nSPS) is 16.6. The molecule has 7 heteroatoms. The highest BCUT2D eigenvalue weighted by atomic mass is 16.5. The van der Waals surface area contributed by atoms with E-state index in [2.05, 4.69) is 27.5 Å². The second-order valence-electron chi connectivity index (χ2n) is 6.50. The van der Waals surface area contributed by atoms with Gasteiger partial charge in [-0.05, 0) is 37.5 Å². The van der Waals surface area contributed by atoms with E-state index in [1.807, 2.05) is 36.4 Å². The van der Waals surface area contributed by atoms with Crippen LogP contribution in [0, 0.1) is 0 Å². The van der Waals surface area contributed by atoms with Gasteiger partial charge in [0.15, 0.2) is 5.96 Å². The SMILES string of the molecule is CCNC(=NCc1ccc(Oc2cccc(OC)c2)nc1)NCC1CCCO1. The van der Waals surface area contributed by atoms with Crippen LogP contribution in [0.2, 0.25) is 0 Å². The first-order chi connectivity index (χ1) is 13.8. The minimum absolute atomic E-state index is 0.276. The van der Waals surface area contributed by atoms with Crippen molar-refractivity contribution < 1.29 is 14.2 Å². The van der Waals surface area contributed by atoms with Gasteiger partial charge in [-0.25, -0.2) is 9.98 Å². The number of rotatable bonds is 8. The minimum Gasteiger partial charge on any atom is -0.497 e. The molecule has 2 heterocycles. The molecule has 28 heavy (non-hydrogen) atoms. The third-order valence-corrected chi connectivity index (χ3v) is 4.35. The molecule has 1 aromatic carbocycles. The number of hydrogen-bond donors (Lipinski definition) is 2. The molecule has 0 amide bonds. The molecule has 0 aliphatic carbocycles. The number of benzene rings is 1. The van der Waals surface area contributed by atoms with E-state index in [4.69, 9.17) is 14.2 Å². The molecule has 1 fully saturated rings. The summed E-state index contributed by atoms with van der Waals surface area (Å²) in [4.78, 5) is 8.99. The van der Waals surface area contributed by atoms with Gasteiger partial charge in [-0.15, -0.1) is 0 Å². The Morgan fingerprint density at radius 3 is 2.86 bits per heavy atom. The van der Waals surface area contributed by atoms with E-state index < -0.39 is 0 Å². The van der Waals surface area contributed by atoms with Crippen LogP contribution in [0.3, 0.4) is 0 Å². The number of nitrogens with zero attached hydrogens (tertiary/aromatic N) is 2. The summed E-state index contributed by atoms with van der Waals surface area (Å²) in [5.74, 6) is 2.75. The molecule has 0 saturated carbocycles. The zero-order chi connectivity index (χ0) is 19.6. The van der Waals surface area contributed by atoms with E-state index in [0.717, 1.165) is 49.8 Å². The van der Waals surface area contributed by atoms with Gasteiger partial charge in [0, 0.05) is 38.0 Å². The van der Waals surface area contributed by atoms with Crippen molar-refractivity contribution in [1.29, 1.82) is 0 Å². The van der Waals surface area contributed by atoms with Crippen LogP contribution in [-0.2, 0) is 11.3 Å². The van der Waals surface area contributed by atoms with Gasteiger partial charge in [-0.2, -0.15) is 0 Å². The second kappa shape index (κ2) is 10.5. The number of pyridine rings is 1. The molecule has 1 unspecified atom stereocenters. The molecule has 3 rings (SSSR count). The van der Waals surface area contributed by atoms with Crippen LogP contribution in [0.5, 0.6) is 17.4 Å². The van der Waals surface area contributed by atoms with Crippen molar-refractivity contribution in [3.63, 3.8) is 0 Å². The summed E-state index contributed by atoms with van der Waals surface area (Å²) >= 11 is 0. The Morgan fingerprint density at radius 1 is 1.25 bits per heavy atom. The summed E-state index contributed by atoms with van der Waals surface area (Å²) in [6, 6.07) is 11.2. The highest BCUT2D eigenvalue weighted by Crippen LogP contribution is 2.23. The van der Waals surface area contributed by atoms with Crippen molar-refractivity contribution in [2.45, 2.75) is 32.4 Å². The van der Waals surface area contributed by atoms with Crippen LogP contribution in [0.25, 0.3) is 0 Å². The lowest BCUT2D eigenvalue weighted by molar-refractivity contribution is 0.114. The summed E-state index contributed by atoms with van der Waals surface area (Å²) < 4.78 is 16.6. The molecule has 0 radical (unpaired) electrons. The topological polar surface area (TPSA) is 77.0 Å². The quantitative estimate of drug-likeness (QED) is 0.538. The molecule has 7 nitrogen and oxygen atoms in total. The number of nitrogens with one attached hydrogen (secondary N) is 2. The van der Waals surface area contributed by atoms with Crippen LogP contribution in [-0.4, -0.2) is 43.9 Å². The lowest BCUT2D eigenvalue weighted by Crippen LogP contribution is -2.41. The van der Waals surface area contributed by atoms with Crippen LogP contribution in [0.1, 0.15) is 25.3 Å². The van der Waals surface area contributed by atoms with E-state index in [1.165, 1.54) is 0 Å². The summed E-state index contributed by atoms with van der Waals surface area (Å²) in [6.45, 7) is 5.03. The Hall–Kier alpha value is -2.80. The van der Waals surface area contributed by atoms with Crippen molar-refractivity contribution in [3.05, 3.63) is 48.2 Å². The minimum atomic E-state index is 0.276. The molecule has 150 valence electrons. The molecular formula is C21H28N4O3. The monoisotopic (exact) mass is 384 g/mol. The van der Waals surface area contributed by atoms with Crippen LogP contribution in [0.15, 0.2) is 47.6 Å². The molecule has 1 aliphatic heterocycles. The van der Waals surface area contributed by atoms with Crippen molar-refractivity contribution in [2.75, 3.05) is 26.8 Å². The Labute approximate surface area is 166 Å². The fourth-order valence-electron chi connectivity index (χ4n) is 2.88. The van der Waals surface area contributed by atoms with E-state index in [1.54, 1.807) is 13.3 Å². The van der Waals surface area contributed by atoms with Gasteiger partial charge in [0.05, 0.1) is 19.8 Å². The standard InChI is InChI=1S/C21H28N4O3/c1-3-22-21(25-15-19-8-5-11-27-19)24-14-16-9-10-20(23-13-16)28-18-7-4-6-17(12-18)26-2/h4,6-7,9-10,12-13,19H,3,5,8,11,14-15H2,1-2H3,(H2,22,24,25). The van der Waals surface area contributed by atoms with Crippen molar-refractivity contribution in [3.8, 4) is 17.4 Å². The van der Waals surface area contributed by atoms with Crippen molar-refractivity contribution in [2.24, 2.45) is 4.99 Å². The highest BCUT2D eigenvalue weighted by molar-refractivity contribution is 5.79. The molecule has 1 atom stereocenters. The number of ether oxygens (including phenoxy) is 3. The molecule has 0 spiro atoms. The summed E-state index contributed by atoms with van der Waals surface area (Å²) in [5, 5.41) is 6.60. The number of methoxy groups -OCH3 is 1. The number of aromatic nitrogens is 1. The zero-order valence-corrected chi connectivity index (χ0v) is 16.5. The molecule has 2 aromatic rings. The predicted octanol–water partition coefficient (Wildman–Crippen LogP) is 3.12. The van der Waals surface area contributed by atoms with Crippen molar-refractivity contribution in [1.82, 2.24) is 15.6 Å². The fourth-order valence-corrected chi connectivity index (χ4v) is 2.88. The number of guanidine groups is 1. The summed E-state index contributed by atoms with van der Waals surface area (Å²) in [7, 11) is 1.63. The summed E-state index contributed by atoms with van der Waals surface area (Å²) in [5.41, 5.74) is 1.01. The third kappa shape index (κ3) is 6.13. The van der Waals surface area contributed by atoms with Gasteiger partial charge in [-0.1, -0.05) is 12.1 Å². The van der Waals surface area contributed by atoms with Crippen molar-refractivity contribution >= 4 is 5.96 Å². The molecule has 1 aliphatic rings. The van der Waals surface area contributed by atoms with Gasteiger partial charge in [0.1, 0.15) is 11.5 Å². The Kier molecular flexibility index (Phi) is 7.49. The molecule has 1 aromatic heterocycles. The first-order valence-electron chi connectivity index (χ1n) is 9.67. The molecule has 0 bridgehead atoms. The first kappa shape index (κ1) is 19.9. The fraction of sp³-hybridized carbons (Fsp3) is 0.429. The smallest absolute Gasteiger partial charge is 0.219 e. The van der Waals surface area contributed by atoms with Gasteiger partial charge in [-0.3, -0.25) is 0 Å². The Morgan fingerprint density at radius 2 is 2.14 bits per heavy atom. The van der Waals surface area contributed by atoms with Crippen LogP contribution < -0.4 is 20.1 Å². The average Bonchev–Trinajstić information content (AvgIpc) is 3.25. The highest BCUT2D eigenvalue weighted by Gasteiger charge is 2.15. The predicted molar refractivity (Wildman–Crippen MR) is 109 cm³/mol. The lowest BCUT2D eigenvalue weighted by atomic mass is 10.2. The van der Waals surface area contributed by atoms with Crippen LogP contribution in [0.4, 0.5) is 0 Å². The Bertz CT molecular complexity index is 759. The molecule has 2 N–H and O–H groups in total.